The van der Waals surface area contributed by atoms with E-state index < -0.39 is 232 Å². The molecule has 0 amide bonds. The number of thiol groups is 1. The molecule has 56 nitrogen and oxygen atoms in total. The Balaban J connectivity index is 0.000000129. The van der Waals surface area contributed by atoms with Gasteiger partial charge in [0.1, 0.15) is 72.7 Å². The van der Waals surface area contributed by atoms with E-state index in [1.54, 1.807) is 6.07 Å². The minimum absolute atomic E-state index is 0.0214. The van der Waals surface area contributed by atoms with Gasteiger partial charge < -0.3 is 114 Å². The highest BCUT2D eigenvalue weighted by Crippen LogP contribution is 2.61. The second-order valence-corrected chi connectivity index (χ2v) is 47.1. The van der Waals surface area contributed by atoms with Gasteiger partial charge in [-0.2, -0.15) is 24.3 Å². The number of fused-ring (bicyclic) bond motifs is 15. The number of nitrogens with one attached hydrogen (secondary N) is 3. The summed E-state index contributed by atoms with van der Waals surface area (Å²) in [5, 5.41) is 15.6. The van der Waals surface area contributed by atoms with Gasteiger partial charge in [0.25, 0.3) is 16.7 Å². The first-order valence-corrected chi connectivity index (χ1v) is 54.4. The number of alkyl halides is 5. The summed E-state index contributed by atoms with van der Waals surface area (Å²) in [6, 6.07) is 4.50. The zero-order valence-electron chi connectivity index (χ0n) is 66.7. The highest BCUT2D eigenvalue weighted by Gasteiger charge is 2.59. The summed E-state index contributed by atoms with van der Waals surface area (Å²) in [4.78, 5) is 140. The van der Waals surface area contributed by atoms with E-state index in [2.05, 4.69) is 97.7 Å². The number of aromatic nitrogens is 23. The average Bonchev–Trinajstić information content (AvgIpc) is 1.58. The van der Waals surface area contributed by atoms with Crippen molar-refractivity contribution in [1.29, 1.82) is 0 Å². The van der Waals surface area contributed by atoms with Crippen LogP contribution in [0.3, 0.4) is 0 Å². The van der Waals surface area contributed by atoms with Crippen molar-refractivity contribution < 1.29 is 134 Å². The lowest BCUT2D eigenvalue weighted by molar-refractivity contribution is -0.0617. The second kappa shape index (κ2) is 36.4. The van der Waals surface area contributed by atoms with Crippen LogP contribution in [-0.2, 0) is 146 Å². The molecule has 9 aliphatic heterocycles. The second-order valence-electron chi connectivity index (χ2n) is 30.3. The number of aromatic amines is 3. The minimum Gasteiger partial charge on any atom is -0.397 e. The number of halogens is 5. The van der Waals surface area contributed by atoms with Crippen LogP contribution >= 0.6 is 52.6 Å². The molecule has 0 aromatic carbocycles. The topological polar surface area (TPSA) is 749 Å². The molecule has 134 heavy (non-hydrogen) atoms. The van der Waals surface area contributed by atoms with Crippen molar-refractivity contribution in [3.05, 3.63) is 93.2 Å². The molecule has 9 fully saturated rings. The van der Waals surface area contributed by atoms with E-state index >= 15 is 22.0 Å². The third-order valence-corrected chi connectivity index (χ3v) is 31.1. The maximum Gasteiger partial charge on any atom is 0.386 e. The summed E-state index contributed by atoms with van der Waals surface area (Å²) in [7, 11) is 0. The molecule has 0 radical (unpaired) electrons. The molecule has 720 valence electrons. The summed E-state index contributed by atoms with van der Waals surface area (Å²) in [5.74, 6) is -0.680. The molecule has 0 spiro atoms. The van der Waals surface area contributed by atoms with Gasteiger partial charge in [0.2, 0.25) is 17.8 Å². The van der Waals surface area contributed by atoms with Gasteiger partial charge in [-0.05, 0) is 77.2 Å². The number of H-pyrrole nitrogens is 3. The molecule has 20 N–H and O–H groups in total. The fourth-order valence-corrected chi connectivity index (χ4v) is 24.3. The van der Waals surface area contributed by atoms with Gasteiger partial charge in [-0.3, -0.25) is 74.7 Å². The Labute approximate surface area is 770 Å². The fraction of sp³-hybridized carbons (Fsp3) is 0.492. The maximum atomic E-state index is 16.0. The van der Waals surface area contributed by atoms with Gasteiger partial charge in [-0.25, -0.2) is 61.4 Å². The van der Waals surface area contributed by atoms with E-state index in [-0.39, 0.29) is 104 Å². The van der Waals surface area contributed by atoms with Crippen LogP contribution in [0.5, 0.6) is 0 Å². The quantitative estimate of drug-likeness (QED) is 0.0627. The summed E-state index contributed by atoms with van der Waals surface area (Å²) in [5.41, 5.74) is 34.4. The molecule has 12 aromatic heterocycles. The number of rotatable bonds is 6. The van der Waals surface area contributed by atoms with Crippen LogP contribution in [0, 0.1) is 0 Å². The first-order valence-electron chi connectivity index (χ1n) is 38.7. The Morgan fingerprint density at radius 2 is 0.694 bits per heavy atom. The fourth-order valence-electron chi connectivity index (χ4n) is 15.7. The van der Waals surface area contributed by atoms with Gasteiger partial charge in [0.15, 0.2) is 130 Å². The lowest BCUT2D eigenvalue weighted by atomic mass is 10.1. The van der Waals surface area contributed by atoms with Gasteiger partial charge in [-0.15, -0.1) is 10.2 Å². The standard InChI is InChI=1S/C21H24FN9O9P2S2.2C20H22F2N10O9P2S2/c22-12-15-11(38-20(12)30-6-26-13-9(23)1-2-25-16(13)30)5-36-41(33,43)39-10-3-8(4-35-42(34,44)40-15)37-19(10)31-7-27-14-17(31)28-21(24)29-18(14)32;2*21-9-7-3-36-42(34,44)40-13-8(39-18(10(13)22)32-15-11(29-30-32)6(23)1-2-25-15)4-37-43(35,45)41-14(9)19(38-7)31-5-26-12-16(31)27-20(24)28-17(12)33/h1-2,6-8,10-12,15,19-20H,3-5H2,(H2,23,25)(H,33,43)(H,34,44)(H3,24,28,29,32);2*1-2,5,7-10,13-14,18-19H,3-4H2,(H2,23,25)(H,34,44)(H,35,45)(H3,24,27,28,33)/t8-,10?,11+,12?,15-,19+,20+,41?,42?;2*7-,8-,9-,10+,13-,14-,18-,19-,42?,43?/m011/s1. The van der Waals surface area contributed by atoms with Crippen LogP contribution < -0.4 is 51.1 Å². The van der Waals surface area contributed by atoms with Crippen LogP contribution in [0.15, 0.2) is 76.5 Å². The largest absolute Gasteiger partial charge is 0.397 e. The van der Waals surface area contributed by atoms with E-state index in [1.807, 2.05) is 0 Å². The third-order valence-electron chi connectivity index (χ3n) is 21.7. The van der Waals surface area contributed by atoms with Gasteiger partial charge in [0.05, 0.1) is 88.1 Å². The molecule has 0 aliphatic carbocycles. The number of nitrogens with zero attached hydrogens (tertiary/aromatic N) is 20. The van der Waals surface area contributed by atoms with Crippen molar-refractivity contribution in [3.63, 3.8) is 0 Å². The molecule has 29 atom stereocenters. The highest BCUT2D eigenvalue weighted by molar-refractivity contribution is 8.44. The third kappa shape index (κ3) is 18.6. The van der Waals surface area contributed by atoms with Crippen molar-refractivity contribution in [2.24, 2.45) is 0 Å². The van der Waals surface area contributed by atoms with Crippen LogP contribution in [0.25, 0.3) is 67.0 Å². The van der Waals surface area contributed by atoms with Crippen LogP contribution in [-0.4, -0.2) is 281 Å². The maximum absolute atomic E-state index is 16.0. The number of hydrogen-bond acceptors (Lipinski definition) is 47. The predicted octanol–water partition coefficient (Wildman–Crippen LogP) is 1.02. The summed E-state index contributed by atoms with van der Waals surface area (Å²) in [6.45, 7) is -29.3. The smallest absolute Gasteiger partial charge is 0.386 e. The van der Waals surface area contributed by atoms with E-state index in [0.29, 0.717) is 11.2 Å². The van der Waals surface area contributed by atoms with Crippen molar-refractivity contribution in [3.8, 4) is 0 Å². The summed E-state index contributed by atoms with van der Waals surface area (Å²) >= 11 is 29.9. The van der Waals surface area contributed by atoms with Crippen molar-refractivity contribution in [2.45, 2.75) is 148 Å². The van der Waals surface area contributed by atoms with E-state index in [9.17, 15) is 43.4 Å². The Hall–Kier alpha value is -7.87. The Morgan fingerprint density at radius 3 is 1.11 bits per heavy atom. The number of imidazole rings is 4. The molecule has 73 heteroatoms. The zero-order valence-corrected chi connectivity index (χ0v) is 77.0. The van der Waals surface area contributed by atoms with Crippen LogP contribution in [0.2, 0.25) is 0 Å². The molecule has 21 rings (SSSR count). The Kier molecular flexibility index (Phi) is 25.8. The predicted molar refractivity (Wildman–Crippen MR) is 466 cm³/mol. The number of nitrogens with two attached hydrogens (primary N) is 6. The van der Waals surface area contributed by atoms with Gasteiger partial charge >= 0.3 is 40.4 Å². The molecule has 12 aromatic rings. The average molecular weight is 2110 g/mol. The monoisotopic (exact) mass is 2110 g/mol. The van der Waals surface area contributed by atoms with Crippen molar-refractivity contribution in [2.75, 3.05) is 74.0 Å². The zero-order chi connectivity index (χ0) is 94.6. The van der Waals surface area contributed by atoms with Gasteiger partial charge in [-0.1, -0.05) is 22.7 Å². The molecular weight excluding hydrogens is 2040 g/mol. The van der Waals surface area contributed by atoms with Crippen LogP contribution in [0.1, 0.15) is 43.8 Å². The van der Waals surface area contributed by atoms with Gasteiger partial charge in [0, 0.05) is 25.0 Å². The highest BCUT2D eigenvalue weighted by atomic mass is 32.7. The SMILES string of the molecule is Nc1nc2c(ncn2[C@@H]2O[C@@H]3COP(=O)(S)O[C@@H]4C(F)[C@H](n5cnc6c(N)ccnc65)O[C@@H]4COP(O)(=S)OC2C3)c(=O)[nH]1.Nc1nc2c(ncn2[C@@H]2O[C@@H]3COP(O)(=S)O[C@H]4[C@H](F)[C@H](n5nnc6c(N)ccnc65)O[C@@H]4COP(O)(=S)O[C@@H]2[C@@H]3F)c(=O)[nH]1.Nc1nc2c(ncn2[C@@H]2O[C@@H]3COP(O)(=S)O[C@H]4[C@H](F)[C@H](n5nnc6c(N)ccnc65)O[C@@H]4COP(O)(=S)O[C@@H]2[C@@H]3F)c(=O)[nH]1. The Bertz CT molecular complexity index is 6840. The number of anilines is 6. The molecule has 9 saturated heterocycles. The number of nitrogen functional groups attached to an aromatic ring is 6. The minimum atomic E-state index is -4.36. The number of hydrogen-bond donors (Lipinski definition) is 15. The molecule has 6 bridgehead atoms. The van der Waals surface area contributed by atoms with Crippen molar-refractivity contribution in [1.82, 2.24) is 113 Å². The van der Waals surface area contributed by atoms with Crippen LogP contribution in [0.4, 0.5) is 56.9 Å². The van der Waals surface area contributed by atoms with Crippen molar-refractivity contribution >= 4 is 214 Å². The number of ether oxygens (including phenoxy) is 6. The first-order chi connectivity index (χ1) is 63.5. The normalized spacial score (nSPS) is 37.3. The van der Waals surface area contributed by atoms with E-state index in [4.69, 9.17) is 176 Å². The summed E-state index contributed by atoms with van der Waals surface area (Å²) < 4.78 is 202. The first kappa shape index (κ1) is 95.1. The lowest BCUT2D eigenvalue weighted by Gasteiger charge is -2.27. The summed E-state index contributed by atoms with van der Waals surface area (Å²) in [6.07, 6.45) is -26.6. The Morgan fingerprint density at radius 1 is 0.366 bits per heavy atom. The van der Waals surface area contributed by atoms with E-state index in [0.717, 1.165) is 31.2 Å². The molecular formula is C61H68F5N29O27P6S6. The molecule has 21 heterocycles. The van der Waals surface area contributed by atoms with E-state index in [1.165, 1.54) is 52.5 Å². The molecule has 8 unspecified atom stereocenters. The molecule has 9 aliphatic rings. The molecule has 0 saturated carbocycles. The lowest BCUT2D eigenvalue weighted by Crippen LogP contribution is -2.34. The number of pyridine rings is 3.